The summed E-state index contributed by atoms with van der Waals surface area (Å²) in [5, 5.41) is 0. The molecule has 0 saturated heterocycles. The third-order valence-electron chi connectivity index (χ3n) is 6.23. The Labute approximate surface area is 245 Å². The molecule has 1 aromatic heterocycles. The van der Waals surface area contributed by atoms with Crippen molar-refractivity contribution in [3.05, 3.63) is 83.0 Å². The molecular weight excluding hydrogens is 596 g/mol. The van der Waals surface area contributed by atoms with Crippen molar-refractivity contribution in [3.8, 4) is 17.2 Å². The Morgan fingerprint density at radius 3 is 2.48 bits per heavy atom. The molecule has 0 N–H and O–H groups in total. The molecule has 40 heavy (non-hydrogen) atoms. The molecule has 0 fully saturated rings. The number of rotatable bonds is 10. The molecule has 8 nitrogen and oxygen atoms in total. The fourth-order valence-corrected chi connectivity index (χ4v) is 6.01. The summed E-state index contributed by atoms with van der Waals surface area (Å²) < 4.78 is 25.4. The first-order valence-corrected chi connectivity index (χ1v) is 14.7. The van der Waals surface area contributed by atoms with Crippen LogP contribution in [0, 0.1) is 0 Å². The van der Waals surface area contributed by atoms with Crippen LogP contribution in [-0.4, -0.2) is 37.5 Å². The first-order valence-electron chi connectivity index (χ1n) is 13.1. The lowest BCUT2D eigenvalue weighted by Crippen LogP contribution is -2.40. The van der Waals surface area contributed by atoms with Gasteiger partial charge in [-0.15, -0.1) is 0 Å². The highest BCUT2D eigenvalue weighted by Crippen LogP contribution is 2.38. The predicted molar refractivity (Wildman–Crippen MR) is 159 cm³/mol. The van der Waals surface area contributed by atoms with Gasteiger partial charge in [-0.05, 0) is 69.2 Å². The van der Waals surface area contributed by atoms with Gasteiger partial charge >= 0.3 is 5.97 Å². The van der Waals surface area contributed by atoms with Crippen LogP contribution in [0.3, 0.4) is 0 Å². The van der Waals surface area contributed by atoms with Gasteiger partial charge in [0.05, 0.1) is 42.7 Å². The molecule has 4 rings (SSSR count). The van der Waals surface area contributed by atoms with E-state index >= 15 is 0 Å². The lowest BCUT2D eigenvalue weighted by Gasteiger charge is -2.27. The molecule has 0 amide bonds. The summed E-state index contributed by atoms with van der Waals surface area (Å²) in [4.78, 5) is 32.8. The second kappa shape index (κ2) is 12.9. The standard InChI is InChI=1S/C30H33BrN2O6S/c1-7-9-21-26(29(35)38-8-2)27(20-16-19(31)11-13-22(20)36-5)33-28(34)25(40-30(33)32-21)15-18-10-12-23(39-17(3)4)24(14-18)37-6/h10-17,27H,7-9H2,1-6H3/b25-15+/t27-/m1/s1. The average molecular weight is 630 g/mol. The topological polar surface area (TPSA) is 88.4 Å². The molecule has 0 spiro atoms. The number of nitrogens with zero attached hydrogens (tertiary/aromatic N) is 2. The zero-order valence-corrected chi connectivity index (χ0v) is 25.9. The van der Waals surface area contributed by atoms with Crippen LogP contribution in [0.4, 0.5) is 0 Å². The molecular formula is C30H33BrN2O6S. The first kappa shape index (κ1) is 29.6. The number of ether oxygens (including phenoxy) is 4. The van der Waals surface area contributed by atoms with E-state index < -0.39 is 12.0 Å². The number of halogens is 1. The van der Waals surface area contributed by atoms with Crippen LogP contribution in [-0.2, 0) is 9.53 Å². The second-order valence-corrected chi connectivity index (χ2v) is 11.3. The zero-order chi connectivity index (χ0) is 29.0. The van der Waals surface area contributed by atoms with Crippen molar-refractivity contribution in [3.63, 3.8) is 0 Å². The van der Waals surface area contributed by atoms with Gasteiger partial charge in [0, 0.05) is 10.0 Å². The van der Waals surface area contributed by atoms with E-state index in [1.54, 1.807) is 31.8 Å². The summed E-state index contributed by atoms with van der Waals surface area (Å²) >= 11 is 4.82. The molecule has 0 radical (unpaired) electrons. The van der Waals surface area contributed by atoms with Crippen LogP contribution in [0.2, 0.25) is 0 Å². The molecule has 212 valence electrons. The molecule has 1 atom stereocenters. The molecule has 10 heteroatoms. The van der Waals surface area contributed by atoms with Crippen molar-refractivity contribution in [2.24, 2.45) is 4.99 Å². The minimum absolute atomic E-state index is 0.00985. The Hall–Kier alpha value is -3.37. The Bertz CT molecular complexity index is 1620. The van der Waals surface area contributed by atoms with Gasteiger partial charge in [0.1, 0.15) is 11.8 Å². The summed E-state index contributed by atoms with van der Waals surface area (Å²) in [6, 6.07) is 10.3. The SMILES string of the molecule is CCCC1=C(C(=O)OCC)[C@@H](c2cc(Br)ccc2OC)n2c(s/c(=C/c3ccc(OC(C)C)c(OC)c3)c2=O)=N1. The van der Waals surface area contributed by atoms with Crippen molar-refractivity contribution in [2.75, 3.05) is 20.8 Å². The quantitative estimate of drug-likeness (QED) is 0.289. The fraction of sp³-hybridized carbons (Fsp3) is 0.367. The molecule has 1 aliphatic heterocycles. The number of carbonyl (C=O) groups excluding carboxylic acids is 1. The summed E-state index contributed by atoms with van der Waals surface area (Å²) in [5.41, 5.74) is 2.12. The van der Waals surface area contributed by atoms with E-state index in [9.17, 15) is 9.59 Å². The smallest absolute Gasteiger partial charge is 0.338 e. The maximum absolute atomic E-state index is 14.0. The number of hydrogen-bond donors (Lipinski definition) is 0. The number of aromatic nitrogens is 1. The van der Waals surface area contributed by atoms with Crippen LogP contribution in [0.1, 0.15) is 57.7 Å². The van der Waals surface area contributed by atoms with Gasteiger partial charge < -0.3 is 18.9 Å². The normalized spacial score (nSPS) is 15.1. The number of benzene rings is 2. The Morgan fingerprint density at radius 1 is 1.10 bits per heavy atom. The Morgan fingerprint density at radius 2 is 1.82 bits per heavy atom. The fourth-order valence-electron chi connectivity index (χ4n) is 4.61. The lowest BCUT2D eigenvalue weighted by atomic mass is 9.93. The van der Waals surface area contributed by atoms with Crippen LogP contribution < -0.4 is 29.1 Å². The van der Waals surface area contributed by atoms with Gasteiger partial charge in [-0.25, -0.2) is 9.79 Å². The number of esters is 1. The maximum Gasteiger partial charge on any atom is 0.338 e. The lowest BCUT2D eigenvalue weighted by molar-refractivity contribution is -0.139. The number of fused-ring (bicyclic) bond motifs is 1. The van der Waals surface area contributed by atoms with Crippen molar-refractivity contribution in [1.29, 1.82) is 0 Å². The summed E-state index contributed by atoms with van der Waals surface area (Å²) in [7, 11) is 3.15. The minimum atomic E-state index is -0.775. The van der Waals surface area contributed by atoms with Gasteiger partial charge in [-0.2, -0.15) is 0 Å². The van der Waals surface area contributed by atoms with E-state index in [2.05, 4.69) is 15.9 Å². The highest BCUT2D eigenvalue weighted by Gasteiger charge is 2.36. The number of allylic oxidation sites excluding steroid dienone is 1. The van der Waals surface area contributed by atoms with E-state index in [0.29, 0.717) is 49.8 Å². The minimum Gasteiger partial charge on any atom is -0.496 e. The molecule has 2 heterocycles. The van der Waals surface area contributed by atoms with Crippen LogP contribution in [0.25, 0.3) is 6.08 Å². The van der Waals surface area contributed by atoms with E-state index in [0.717, 1.165) is 16.5 Å². The Balaban J connectivity index is 1.98. The molecule has 1 aliphatic rings. The molecule has 0 saturated carbocycles. The molecule has 3 aromatic rings. The predicted octanol–water partition coefficient (Wildman–Crippen LogP) is 5.15. The maximum atomic E-state index is 14.0. The molecule has 0 aliphatic carbocycles. The third kappa shape index (κ3) is 6.02. The second-order valence-electron chi connectivity index (χ2n) is 9.38. The van der Waals surface area contributed by atoms with Gasteiger partial charge in [-0.3, -0.25) is 9.36 Å². The van der Waals surface area contributed by atoms with Crippen LogP contribution >= 0.6 is 27.3 Å². The highest BCUT2D eigenvalue weighted by molar-refractivity contribution is 9.10. The summed E-state index contributed by atoms with van der Waals surface area (Å²) in [6.07, 6.45) is 3.11. The van der Waals surface area contributed by atoms with Crippen molar-refractivity contribution in [1.82, 2.24) is 4.57 Å². The Kier molecular flexibility index (Phi) is 9.52. The zero-order valence-electron chi connectivity index (χ0n) is 23.4. The summed E-state index contributed by atoms with van der Waals surface area (Å²) in [6.45, 7) is 7.88. The van der Waals surface area contributed by atoms with E-state index in [4.69, 9.17) is 23.9 Å². The molecule has 0 unspecified atom stereocenters. The van der Waals surface area contributed by atoms with Gasteiger partial charge in [-0.1, -0.05) is 46.7 Å². The van der Waals surface area contributed by atoms with Crippen molar-refractivity contribution < 1.29 is 23.7 Å². The van der Waals surface area contributed by atoms with Crippen LogP contribution in [0.5, 0.6) is 17.2 Å². The van der Waals surface area contributed by atoms with Gasteiger partial charge in [0.2, 0.25) is 0 Å². The third-order valence-corrected chi connectivity index (χ3v) is 7.70. The van der Waals surface area contributed by atoms with Gasteiger partial charge in [0.15, 0.2) is 16.3 Å². The van der Waals surface area contributed by atoms with Crippen LogP contribution in [0.15, 0.2) is 61.9 Å². The monoisotopic (exact) mass is 628 g/mol. The highest BCUT2D eigenvalue weighted by atomic mass is 79.9. The van der Waals surface area contributed by atoms with Crippen molar-refractivity contribution in [2.45, 2.75) is 52.7 Å². The van der Waals surface area contributed by atoms with E-state index in [1.165, 1.54) is 11.3 Å². The summed E-state index contributed by atoms with van der Waals surface area (Å²) in [5.74, 6) is 1.25. The number of carbonyl (C=O) groups is 1. The number of hydrogen-bond acceptors (Lipinski definition) is 8. The van der Waals surface area contributed by atoms with Crippen molar-refractivity contribution >= 4 is 39.3 Å². The number of thiazole rings is 1. The average Bonchev–Trinajstić information content (AvgIpc) is 3.22. The van der Waals surface area contributed by atoms with E-state index in [1.807, 2.05) is 57.2 Å². The first-order chi connectivity index (χ1) is 19.2. The van der Waals surface area contributed by atoms with E-state index in [-0.39, 0.29) is 18.3 Å². The molecule has 2 aromatic carbocycles. The molecule has 0 bridgehead atoms. The number of methoxy groups -OCH3 is 2. The van der Waals surface area contributed by atoms with Gasteiger partial charge in [0.25, 0.3) is 5.56 Å². The largest absolute Gasteiger partial charge is 0.496 e.